The van der Waals surface area contributed by atoms with Crippen LogP contribution in [0, 0.1) is 0 Å². The molecule has 1 atom stereocenters. The fourth-order valence-corrected chi connectivity index (χ4v) is 2.02. The van der Waals surface area contributed by atoms with E-state index in [0.717, 1.165) is 18.6 Å². The second-order valence-corrected chi connectivity index (χ2v) is 5.16. The summed E-state index contributed by atoms with van der Waals surface area (Å²) in [4.78, 5) is 0. The van der Waals surface area contributed by atoms with Crippen molar-refractivity contribution in [3.63, 3.8) is 0 Å². The molecule has 1 heterocycles. The molecule has 20 heavy (non-hydrogen) atoms. The zero-order valence-electron chi connectivity index (χ0n) is 11.9. The summed E-state index contributed by atoms with van der Waals surface area (Å²) >= 11 is 0. The van der Waals surface area contributed by atoms with Crippen molar-refractivity contribution in [1.82, 2.24) is 10.6 Å². The first kappa shape index (κ1) is 14.9. The van der Waals surface area contributed by atoms with Gasteiger partial charge in [0.25, 0.3) is 0 Å². The second kappa shape index (κ2) is 6.76. The van der Waals surface area contributed by atoms with E-state index in [2.05, 4.69) is 10.6 Å². The Morgan fingerprint density at radius 1 is 1.40 bits per heavy atom. The minimum Gasteiger partial charge on any atom is -0.495 e. The molecule has 4 N–H and O–H groups in total. The van der Waals surface area contributed by atoms with Crippen molar-refractivity contribution in [2.24, 2.45) is 5.73 Å². The lowest BCUT2D eigenvalue weighted by Crippen LogP contribution is -2.50. The maximum atomic E-state index is 13.0. The van der Waals surface area contributed by atoms with Crippen molar-refractivity contribution in [1.29, 1.82) is 0 Å². The quantitative estimate of drug-likeness (QED) is 0.715. The number of rotatable bonds is 5. The molecule has 6 heteroatoms. The highest BCUT2D eigenvalue weighted by Gasteiger charge is 2.18. The molecule has 2 aliphatic rings. The van der Waals surface area contributed by atoms with E-state index in [-0.39, 0.29) is 24.3 Å². The van der Waals surface area contributed by atoms with Gasteiger partial charge in [-0.05, 0) is 31.9 Å². The summed E-state index contributed by atoms with van der Waals surface area (Å²) in [6.07, 6.45) is 5.54. The Morgan fingerprint density at radius 3 is 2.80 bits per heavy atom. The first-order valence-corrected chi connectivity index (χ1v) is 6.85. The molecule has 0 aromatic carbocycles. The predicted molar refractivity (Wildman–Crippen MR) is 74.8 cm³/mol. The van der Waals surface area contributed by atoms with Gasteiger partial charge in [0.2, 0.25) is 0 Å². The van der Waals surface area contributed by atoms with Crippen LogP contribution in [0.15, 0.2) is 35.1 Å². The van der Waals surface area contributed by atoms with Gasteiger partial charge in [-0.3, -0.25) is 5.32 Å². The summed E-state index contributed by atoms with van der Waals surface area (Å²) in [6.45, 7) is 4.60. The van der Waals surface area contributed by atoms with Gasteiger partial charge < -0.3 is 20.5 Å². The molecular formula is C14H22FN3O2. The van der Waals surface area contributed by atoms with E-state index in [9.17, 15) is 4.39 Å². The topological polar surface area (TPSA) is 68.5 Å². The Balaban J connectivity index is 1.78. The van der Waals surface area contributed by atoms with Crippen molar-refractivity contribution in [3.05, 3.63) is 35.1 Å². The molecule has 1 aliphatic carbocycles. The van der Waals surface area contributed by atoms with Gasteiger partial charge in [0.05, 0.1) is 25.0 Å². The van der Waals surface area contributed by atoms with E-state index in [4.69, 9.17) is 15.2 Å². The number of ether oxygens (including phenoxy) is 2. The van der Waals surface area contributed by atoms with Gasteiger partial charge in [-0.1, -0.05) is 6.08 Å². The molecule has 1 aliphatic heterocycles. The third-order valence-corrected chi connectivity index (χ3v) is 3.04. The Bertz CT molecular complexity index is 444. The maximum Gasteiger partial charge on any atom is 0.186 e. The highest BCUT2D eigenvalue weighted by atomic mass is 19.1. The Kier molecular flexibility index (Phi) is 5.03. The van der Waals surface area contributed by atoms with Crippen LogP contribution >= 0.6 is 0 Å². The van der Waals surface area contributed by atoms with E-state index >= 15 is 0 Å². The van der Waals surface area contributed by atoms with Crippen molar-refractivity contribution in [2.75, 3.05) is 13.2 Å². The average Bonchev–Trinajstić information content (AvgIpc) is 2.41. The normalized spacial score (nSPS) is 23.3. The van der Waals surface area contributed by atoms with Crippen LogP contribution in [0.3, 0.4) is 0 Å². The minimum atomic E-state index is -0.451. The van der Waals surface area contributed by atoms with Crippen molar-refractivity contribution in [3.8, 4) is 0 Å². The summed E-state index contributed by atoms with van der Waals surface area (Å²) < 4.78 is 24.3. The minimum absolute atomic E-state index is 0.0406. The predicted octanol–water partition coefficient (Wildman–Crippen LogP) is 1.61. The SMILES string of the molecule is CC(C)OC1=CC=C(COC2NCC(F)=C(N)N2)CC1. The Hall–Kier alpha value is -1.53. The van der Waals surface area contributed by atoms with Gasteiger partial charge in [0.1, 0.15) is 5.82 Å². The molecule has 0 saturated heterocycles. The third kappa shape index (κ3) is 4.25. The molecular weight excluding hydrogens is 261 g/mol. The van der Waals surface area contributed by atoms with Crippen LogP contribution in [-0.2, 0) is 9.47 Å². The average molecular weight is 283 g/mol. The summed E-state index contributed by atoms with van der Waals surface area (Å²) in [6, 6.07) is 0. The Labute approximate surface area is 118 Å². The molecule has 0 fully saturated rings. The molecule has 5 nitrogen and oxygen atoms in total. The Morgan fingerprint density at radius 2 is 2.20 bits per heavy atom. The molecule has 112 valence electrons. The summed E-state index contributed by atoms with van der Waals surface area (Å²) in [7, 11) is 0. The molecule has 0 aromatic rings. The smallest absolute Gasteiger partial charge is 0.186 e. The number of nitrogens with two attached hydrogens (primary N) is 1. The van der Waals surface area contributed by atoms with Crippen LogP contribution in [0.1, 0.15) is 26.7 Å². The zero-order valence-corrected chi connectivity index (χ0v) is 11.9. The van der Waals surface area contributed by atoms with Crippen LogP contribution < -0.4 is 16.4 Å². The van der Waals surface area contributed by atoms with Crippen molar-refractivity contribution < 1.29 is 13.9 Å². The third-order valence-electron chi connectivity index (χ3n) is 3.04. The van der Waals surface area contributed by atoms with Crippen molar-refractivity contribution >= 4 is 0 Å². The van der Waals surface area contributed by atoms with E-state index in [1.165, 1.54) is 5.57 Å². The lowest BCUT2D eigenvalue weighted by Gasteiger charge is -2.26. The number of hydrogen-bond donors (Lipinski definition) is 3. The summed E-state index contributed by atoms with van der Waals surface area (Å²) in [5.74, 6) is 0.658. The lowest BCUT2D eigenvalue weighted by atomic mass is 10.0. The van der Waals surface area contributed by atoms with Crippen LogP contribution in [0.2, 0.25) is 0 Å². The van der Waals surface area contributed by atoms with Crippen LogP contribution in [0.4, 0.5) is 4.39 Å². The lowest BCUT2D eigenvalue weighted by molar-refractivity contribution is 0.0197. The number of nitrogens with one attached hydrogen (secondary N) is 2. The van der Waals surface area contributed by atoms with E-state index in [0.29, 0.717) is 6.61 Å². The highest BCUT2D eigenvalue weighted by Crippen LogP contribution is 2.20. The van der Waals surface area contributed by atoms with Gasteiger partial charge in [-0.2, -0.15) is 0 Å². The monoisotopic (exact) mass is 283 g/mol. The largest absolute Gasteiger partial charge is 0.495 e. The molecule has 1 unspecified atom stereocenters. The zero-order chi connectivity index (χ0) is 14.5. The molecule has 0 amide bonds. The molecule has 0 spiro atoms. The summed E-state index contributed by atoms with van der Waals surface area (Å²) in [5.41, 5.74) is 6.65. The van der Waals surface area contributed by atoms with Crippen molar-refractivity contribution in [2.45, 2.75) is 39.1 Å². The first-order valence-electron chi connectivity index (χ1n) is 6.85. The van der Waals surface area contributed by atoms with Gasteiger partial charge in [0.15, 0.2) is 12.2 Å². The van der Waals surface area contributed by atoms with E-state index in [1.807, 2.05) is 26.0 Å². The van der Waals surface area contributed by atoms with Gasteiger partial charge in [-0.15, -0.1) is 0 Å². The molecule has 0 saturated carbocycles. The molecule has 0 bridgehead atoms. The van der Waals surface area contributed by atoms with Crippen LogP contribution in [-0.4, -0.2) is 25.6 Å². The fourth-order valence-electron chi connectivity index (χ4n) is 2.02. The molecule has 2 rings (SSSR count). The molecule has 0 aromatic heterocycles. The number of hydrogen-bond acceptors (Lipinski definition) is 5. The van der Waals surface area contributed by atoms with Crippen LogP contribution in [0.5, 0.6) is 0 Å². The van der Waals surface area contributed by atoms with Gasteiger partial charge in [-0.25, -0.2) is 4.39 Å². The fraction of sp³-hybridized carbons (Fsp3) is 0.571. The van der Waals surface area contributed by atoms with E-state index < -0.39 is 6.35 Å². The maximum absolute atomic E-state index is 13.0. The van der Waals surface area contributed by atoms with Gasteiger partial charge in [0, 0.05) is 6.42 Å². The van der Waals surface area contributed by atoms with Gasteiger partial charge >= 0.3 is 0 Å². The second-order valence-electron chi connectivity index (χ2n) is 5.16. The standard InChI is InChI=1S/C14H22FN3O2/c1-9(2)20-11-5-3-10(4-6-11)8-19-14-17-7-12(15)13(16)18-14/h3,5,9,14,17-18H,4,6-8,16H2,1-2H3. The summed E-state index contributed by atoms with van der Waals surface area (Å²) in [5, 5.41) is 5.58. The number of allylic oxidation sites excluding steroid dienone is 3. The first-order chi connectivity index (χ1) is 9.54. The number of halogens is 1. The van der Waals surface area contributed by atoms with E-state index in [1.54, 1.807) is 0 Å². The molecule has 0 radical (unpaired) electrons. The highest BCUT2D eigenvalue weighted by molar-refractivity contribution is 5.21. The van der Waals surface area contributed by atoms with Crippen LogP contribution in [0.25, 0.3) is 0 Å².